The second-order valence-electron chi connectivity index (χ2n) is 10.6. The number of halogens is 1. The third-order valence-corrected chi connectivity index (χ3v) is 8.48. The molecule has 168 valence electrons. The summed E-state index contributed by atoms with van der Waals surface area (Å²) in [5.41, 5.74) is 3.68. The fraction of sp³-hybridized carbons (Fsp3) is 0.786. The summed E-state index contributed by atoms with van der Waals surface area (Å²) < 4.78 is 21.2. The molecule has 2 fully saturated rings. The summed E-state index contributed by atoms with van der Waals surface area (Å²) >= 11 is 0. The maximum atomic E-state index is 15.1. The third-order valence-electron chi connectivity index (χ3n) is 8.48. The average molecular weight is 415 g/mol. The van der Waals surface area contributed by atoms with Crippen LogP contribution in [0.5, 0.6) is 0 Å². The minimum absolute atomic E-state index is 0.0962. The zero-order valence-electron chi connectivity index (χ0n) is 19.4. The SMILES string of the molecule is CCCCOC1CCC2CC(c3cc(F)c4c(c3)CCC(CCCC)C4)CCC2C1. The molecule has 1 aromatic carbocycles. The van der Waals surface area contributed by atoms with Gasteiger partial charge in [0.15, 0.2) is 0 Å². The lowest BCUT2D eigenvalue weighted by atomic mass is 9.65. The van der Waals surface area contributed by atoms with Gasteiger partial charge in [0, 0.05) is 6.61 Å². The van der Waals surface area contributed by atoms with Crippen LogP contribution < -0.4 is 0 Å². The van der Waals surface area contributed by atoms with Crippen LogP contribution in [0.2, 0.25) is 0 Å². The number of benzene rings is 1. The summed E-state index contributed by atoms with van der Waals surface area (Å²) in [6.45, 7) is 5.43. The molecule has 0 heterocycles. The predicted octanol–water partition coefficient (Wildman–Crippen LogP) is 7.99. The molecule has 3 aliphatic carbocycles. The number of hydrogen-bond acceptors (Lipinski definition) is 1. The predicted molar refractivity (Wildman–Crippen MR) is 124 cm³/mol. The molecule has 1 nitrogen and oxygen atoms in total. The number of ether oxygens (including phenoxy) is 1. The topological polar surface area (TPSA) is 9.23 Å². The summed E-state index contributed by atoms with van der Waals surface area (Å²) in [6, 6.07) is 4.32. The van der Waals surface area contributed by atoms with Crippen molar-refractivity contribution in [3.8, 4) is 0 Å². The molecule has 0 aromatic heterocycles. The molecule has 0 aliphatic heterocycles. The summed E-state index contributed by atoms with van der Waals surface area (Å²) in [5.74, 6) is 3.03. The first-order chi connectivity index (χ1) is 14.7. The van der Waals surface area contributed by atoms with Crippen molar-refractivity contribution in [3.63, 3.8) is 0 Å². The van der Waals surface area contributed by atoms with Gasteiger partial charge in [-0.15, -0.1) is 0 Å². The van der Waals surface area contributed by atoms with Gasteiger partial charge in [0.2, 0.25) is 0 Å². The van der Waals surface area contributed by atoms with Crippen molar-refractivity contribution < 1.29 is 9.13 Å². The molecule has 5 atom stereocenters. The second-order valence-corrected chi connectivity index (χ2v) is 10.6. The van der Waals surface area contributed by atoms with E-state index in [1.54, 1.807) is 0 Å². The Morgan fingerprint density at radius 1 is 0.933 bits per heavy atom. The molecule has 0 amide bonds. The van der Waals surface area contributed by atoms with Crippen LogP contribution in [-0.2, 0) is 17.6 Å². The molecule has 0 bridgehead atoms. The first-order valence-corrected chi connectivity index (χ1v) is 13.1. The van der Waals surface area contributed by atoms with E-state index in [1.165, 1.54) is 88.2 Å². The van der Waals surface area contributed by atoms with Crippen molar-refractivity contribution in [2.75, 3.05) is 6.61 Å². The second kappa shape index (κ2) is 10.6. The highest BCUT2D eigenvalue weighted by molar-refractivity contribution is 5.37. The van der Waals surface area contributed by atoms with Crippen molar-refractivity contribution in [2.24, 2.45) is 17.8 Å². The fourth-order valence-electron chi connectivity index (χ4n) is 6.59. The van der Waals surface area contributed by atoms with Gasteiger partial charge in [-0.05, 0) is 111 Å². The molecule has 0 N–H and O–H groups in total. The first kappa shape index (κ1) is 22.3. The zero-order valence-corrected chi connectivity index (χ0v) is 19.4. The average Bonchev–Trinajstić information content (AvgIpc) is 2.77. The van der Waals surface area contributed by atoms with E-state index in [0.29, 0.717) is 17.9 Å². The summed E-state index contributed by atoms with van der Waals surface area (Å²) in [5, 5.41) is 0. The quantitative estimate of drug-likeness (QED) is 0.392. The molecular weight excluding hydrogens is 371 g/mol. The Morgan fingerprint density at radius 2 is 1.73 bits per heavy atom. The first-order valence-electron chi connectivity index (χ1n) is 13.1. The lowest BCUT2D eigenvalue weighted by Crippen LogP contribution is -2.34. The van der Waals surface area contributed by atoms with E-state index in [1.807, 2.05) is 6.07 Å². The van der Waals surface area contributed by atoms with Crippen molar-refractivity contribution in [1.82, 2.24) is 0 Å². The van der Waals surface area contributed by atoms with Gasteiger partial charge in [0.25, 0.3) is 0 Å². The lowest BCUT2D eigenvalue weighted by molar-refractivity contribution is -0.0159. The highest BCUT2D eigenvalue weighted by Crippen LogP contribution is 2.47. The number of hydrogen-bond donors (Lipinski definition) is 0. The van der Waals surface area contributed by atoms with Crippen LogP contribution in [0.4, 0.5) is 4.39 Å². The van der Waals surface area contributed by atoms with Gasteiger partial charge in [-0.25, -0.2) is 4.39 Å². The fourth-order valence-corrected chi connectivity index (χ4v) is 6.59. The number of aryl methyl sites for hydroxylation is 1. The molecule has 30 heavy (non-hydrogen) atoms. The number of fused-ring (bicyclic) bond motifs is 2. The van der Waals surface area contributed by atoms with Crippen molar-refractivity contribution in [2.45, 2.75) is 116 Å². The van der Waals surface area contributed by atoms with Gasteiger partial charge >= 0.3 is 0 Å². The lowest BCUT2D eigenvalue weighted by Gasteiger charge is -2.42. The van der Waals surface area contributed by atoms with E-state index in [9.17, 15) is 0 Å². The normalized spacial score (nSPS) is 31.2. The van der Waals surface area contributed by atoms with E-state index in [-0.39, 0.29) is 5.82 Å². The van der Waals surface area contributed by atoms with Crippen LogP contribution in [0.15, 0.2) is 12.1 Å². The highest BCUT2D eigenvalue weighted by Gasteiger charge is 2.36. The minimum Gasteiger partial charge on any atom is -0.378 e. The Balaban J connectivity index is 1.36. The van der Waals surface area contributed by atoms with Crippen LogP contribution in [-0.4, -0.2) is 12.7 Å². The van der Waals surface area contributed by atoms with Gasteiger partial charge in [0.1, 0.15) is 5.82 Å². The smallest absolute Gasteiger partial charge is 0.126 e. The van der Waals surface area contributed by atoms with Crippen molar-refractivity contribution in [1.29, 1.82) is 0 Å². The molecule has 4 rings (SSSR count). The third kappa shape index (κ3) is 5.29. The van der Waals surface area contributed by atoms with Gasteiger partial charge in [0.05, 0.1) is 6.10 Å². The molecule has 0 saturated heterocycles. The van der Waals surface area contributed by atoms with Crippen LogP contribution in [0, 0.1) is 23.6 Å². The minimum atomic E-state index is 0.0962. The van der Waals surface area contributed by atoms with Gasteiger partial charge < -0.3 is 4.74 Å². The van der Waals surface area contributed by atoms with E-state index < -0.39 is 0 Å². The molecule has 5 unspecified atom stereocenters. The molecular formula is C28H43FO. The zero-order chi connectivity index (χ0) is 20.9. The summed E-state index contributed by atoms with van der Waals surface area (Å²) in [7, 11) is 0. The van der Waals surface area contributed by atoms with Crippen LogP contribution in [0.1, 0.15) is 114 Å². The van der Waals surface area contributed by atoms with Gasteiger partial charge in [-0.3, -0.25) is 0 Å². The summed E-state index contributed by atoms with van der Waals surface area (Å²) in [6.07, 6.45) is 17.6. The molecule has 3 aliphatic rings. The molecule has 0 spiro atoms. The largest absolute Gasteiger partial charge is 0.378 e. The maximum absolute atomic E-state index is 15.1. The van der Waals surface area contributed by atoms with Crippen LogP contribution >= 0.6 is 0 Å². The monoisotopic (exact) mass is 414 g/mol. The molecule has 2 saturated carbocycles. The molecule has 1 aromatic rings. The standard InChI is InChI=1S/C28H43FO/c1-3-5-7-20-8-9-24-17-25(19-28(29)27(24)15-20)22-10-11-23-18-26(30-14-6-4-2)13-12-21(23)16-22/h17,19-23,26H,3-16,18H2,1-2H3. The van der Waals surface area contributed by atoms with E-state index in [4.69, 9.17) is 4.74 Å². The summed E-state index contributed by atoms with van der Waals surface area (Å²) in [4.78, 5) is 0. The Hall–Kier alpha value is -0.890. The maximum Gasteiger partial charge on any atom is 0.126 e. The van der Waals surface area contributed by atoms with Gasteiger partial charge in [-0.1, -0.05) is 45.6 Å². The van der Waals surface area contributed by atoms with Crippen molar-refractivity contribution >= 4 is 0 Å². The van der Waals surface area contributed by atoms with Crippen LogP contribution in [0.3, 0.4) is 0 Å². The number of rotatable bonds is 8. The Kier molecular flexibility index (Phi) is 7.90. The molecule has 0 radical (unpaired) electrons. The number of unbranched alkanes of at least 4 members (excludes halogenated alkanes) is 2. The Labute approximate surface area is 184 Å². The Morgan fingerprint density at radius 3 is 2.57 bits per heavy atom. The van der Waals surface area contributed by atoms with E-state index >= 15 is 4.39 Å². The van der Waals surface area contributed by atoms with Crippen molar-refractivity contribution in [3.05, 3.63) is 34.6 Å². The van der Waals surface area contributed by atoms with Crippen LogP contribution in [0.25, 0.3) is 0 Å². The van der Waals surface area contributed by atoms with E-state index in [0.717, 1.165) is 36.8 Å². The molecule has 2 heteroatoms. The highest BCUT2D eigenvalue weighted by atomic mass is 19.1. The van der Waals surface area contributed by atoms with E-state index in [2.05, 4.69) is 19.9 Å². The Bertz CT molecular complexity index is 683. The van der Waals surface area contributed by atoms with Gasteiger partial charge in [-0.2, -0.15) is 0 Å².